The molecule has 196 valence electrons. The normalized spacial score (nSPS) is 19.0. The number of benzene rings is 2. The molecule has 0 bridgehead atoms. The summed E-state index contributed by atoms with van der Waals surface area (Å²) in [5.41, 5.74) is 9.58. The Kier molecular flexibility index (Phi) is 5.93. The topological polar surface area (TPSA) is 58.7 Å². The molecule has 1 aliphatic heterocycles. The second-order valence-corrected chi connectivity index (χ2v) is 12.9. The summed E-state index contributed by atoms with van der Waals surface area (Å²) in [6.45, 7) is 9.72. The summed E-state index contributed by atoms with van der Waals surface area (Å²) in [4.78, 5) is 20.1. The molecule has 3 aromatic rings. The van der Waals surface area contributed by atoms with Crippen LogP contribution < -0.4 is 4.90 Å². The van der Waals surface area contributed by atoms with E-state index in [1.807, 2.05) is 18.2 Å². The number of rotatable bonds is 8. The van der Waals surface area contributed by atoms with Crippen LogP contribution in [0.25, 0.3) is 5.70 Å². The Morgan fingerprint density at radius 3 is 2.53 bits per heavy atom. The summed E-state index contributed by atoms with van der Waals surface area (Å²) in [5.74, 6) is 1.22. The predicted molar refractivity (Wildman–Crippen MR) is 153 cm³/mol. The van der Waals surface area contributed by atoms with E-state index in [1.165, 1.54) is 35.4 Å². The summed E-state index contributed by atoms with van der Waals surface area (Å²) in [6.07, 6.45) is 6.58. The number of aromatic nitrogens is 1. The Labute approximate surface area is 225 Å². The van der Waals surface area contributed by atoms with Crippen LogP contribution in [0.2, 0.25) is 0 Å². The molecule has 3 aliphatic rings. The monoisotopic (exact) mass is 507 g/mol. The lowest BCUT2D eigenvalue weighted by atomic mass is 9.93. The minimum absolute atomic E-state index is 0.114. The van der Waals surface area contributed by atoms with Gasteiger partial charge in [-0.25, -0.2) is 0 Å². The van der Waals surface area contributed by atoms with Gasteiger partial charge in [0, 0.05) is 55.2 Å². The molecule has 5 nitrogen and oxygen atoms in total. The quantitative estimate of drug-likeness (QED) is 0.340. The van der Waals surface area contributed by atoms with E-state index in [-0.39, 0.29) is 23.5 Å². The molecule has 0 N–H and O–H groups in total. The van der Waals surface area contributed by atoms with Crippen molar-refractivity contribution in [2.75, 3.05) is 18.5 Å². The van der Waals surface area contributed by atoms with Crippen molar-refractivity contribution < 1.29 is 9.32 Å². The number of nitrogens with zero attached hydrogens (tertiary/aromatic N) is 3. The molecule has 5 heteroatoms. The highest BCUT2D eigenvalue weighted by Crippen LogP contribution is 2.46. The zero-order valence-corrected chi connectivity index (χ0v) is 23.2. The van der Waals surface area contributed by atoms with E-state index in [2.05, 4.69) is 81.2 Å². The minimum atomic E-state index is -0.114. The molecule has 0 amide bonds. The molecular weight excluding hydrogens is 470 g/mol. The number of fused-ring (bicyclic) bond motifs is 3. The highest BCUT2D eigenvalue weighted by atomic mass is 16.5. The van der Waals surface area contributed by atoms with Crippen LogP contribution in [0.1, 0.15) is 80.2 Å². The maximum atomic E-state index is 12.7. The van der Waals surface area contributed by atoms with E-state index < -0.39 is 0 Å². The lowest BCUT2D eigenvalue weighted by Gasteiger charge is -2.24. The zero-order chi connectivity index (χ0) is 26.7. The van der Waals surface area contributed by atoms with E-state index in [1.54, 1.807) is 0 Å². The van der Waals surface area contributed by atoms with Gasteiger partial charge < -0.3 is 9.42 Å². The number of Topliss-reactive ketones (excluding diaryl/α,β-unsaturated/α-hetero) is 1. The van der Waals surface area contributed by atoms with E-state index >= 15 is 0 Å². The Balaban J connectivity index is 1.09. The maximum Gasteiger partial charge on any atom is 0.143 e. The third-order valence-electron chi connectivity index (χ3n) is 8.27. The molecular formula is C33H37N3O2. The molecule has 1 unspecified atom stereocenters. The van der Waals surface area contributed by atoms with Crippen molar-refractivity contribution in [3.05, 3.63) is 88.3 Å². The lowest BCUT2D eigenvalue weighted by Crippen LogP contribution is -2.24. The molecule has 0 radical (unpaired) electrons. The summed E-state index contributed by atoms with van der Waals surface area (Å²) in [5, 5.41) is 4.08. The smallest absolute Gasteiger partial charge is 0.143 e. The molecule has 6 rings (SSSR count). The molecule has 0 saturated heterocycles. The lowest BCUT2D eigenvalue weighted by molar-refractivity contribution is -0.117. The third kappa shape index (κ3) is 4.99. The van der Waals surface area contributed by atoms with Gasteiger partial charge in [0.05, 0.1) is 17.8 Å². The number of hydrogen-bond donors (Lipinski definition) is 0. The average molecular weight is 508 g/mol. The summed E-state index contributed by atoms with van der Waals surface area (Å²) in [6, 6.07) is 17.1. The van der Waals surface area contributed by atoms with E-state index in [9.17, 15) is 4.79 Å². The second-order valence-electron chi connectivity index (χ2n) is 12.9. The van der Waals surface area contributed by atoms with Gasteiger partial charge in [0.1, 0.15) is 11.5 Å². The zero-order valence-electron chi connectivity index (χ0n) is 23.2. The van der Waals surface area contributed by atoms with Crippen LogP contribution in [0.4, 0.5) is 5.69 Å². The van der Waals surface area contributed by atoms with Crippen LogP contribution in [0, 0.1) is 5.41 Å². The van der Waals surface area contributed by atoms with Crippen LogP contribution in [0.3, 0.4) is 0 Å². The maximum absolute atomic E-state index is 12.7. The van der Waals surface area contributed by atoms with Gasteiger partial charge in [-0.15, -0.1) is 0 Å². The van der Waals surface area contributed by atoms with Crippen LogP contribution in [-0.2, 0) is 29.5 Å². The Hall–Kier alpha value is -3.47. The van der Waals surface area contributed by atoms with Gasteiger partial charge in [-0.3, -0.25) is 9.79 Å². The molecule has 2 heterocycles. The van der Waals surface area contributed by atoms with Crippen LogP contribution in [-0.4, -0.2) is 30.2 Å². The highest BCUT2D eigenvalue weighted by Gasteiger charge is 2.38. The second kappa shape index (κ2) is 9.07. The first-order valence-electron chi connectivity index (χ1n) is 13.8. The van der Waals surface area contributed by atoms with Gasteiger partial charge >= 0.3 is 0 Å². The van der Waals surface area contributed by atoms with Crippen molar-refractivity contribution in [2.24, 2.45) is 10.4 Å². The number of allylic oxidation sites excluding steroid dienone is 1. The number of hydrogen-bond acceptors (Lipinski definition) is 5. The fraction of sp³-hybridized carbons (Fsp3) is 0.424. The number of aliphatic imine (C=N–C) groups is 1. The van der Waals surface area contributed by atoms with Crippen LogP contribution in [0.5, 0.6) is 0 Å². The standard InChI is InChI=1S/C33H37N3O2/c1-32(2,3)31-18-24(35-38-31)17-26(37)14-21-6-8-22(9-7-21)29-19-28-27-11-10-25(15-23(27)16-30(28)34-29)36(5)20-33(4)12-13-33/h6-11,15,18-19,28H,12-14,16-17,20H2,1-5H3. The Morgan fingerprint density at radius 2 is 1.84 bits per heavy atom. The number of anilines is 1. The summed E-state index contributed by atoms with van der Waals surface area (Å²) >= 11 is 0. The molecule has 2 aliphatic carbocycles. The molecule has 38 heavy (non-hydrogen) atoms. The predicted octanol–water partition coefficient (Wildman–Crippen LogP) is 6.70. The molecule has 2 aromatic carbocycles. The van der Waals surface area contributed by atoms with Gasteiger partial charge in [0.25, 0.3) is 0 Å². The first kappa shape index (κ1) is 24.8. The first-order chi connectivity index (χ1) is 18.1. The van der Waals surface area contributed by atoms with Gasteiger partial charge in [-0.1, -0.05) is 63.2 Å². The first-order valence-corrected chi connectivity index (χ1v) is 13.8. The van der Waals surface area contributed by atoms with E-state index in [0.29, 0.717) is 17.5 Å². The summed E-state index contributed by atoms with van der Waals surface area (Å²) in [7, 11) is 2.21. The Bertz CT molecular complexity index is 1450. The van der Waals surface area contributed by atoms with Crippen molar-refractivity contribution in [1.82, 2.24) is 5.16 Å². The van der Waals surface area contributed by atoms with E-state index in [4.69, 9.17) is 9.52 Å². The van der Waals surface area contributed by atoms with Gasteiger partial charge in [-0.2, -0.15) is 0 Å². The van der Waals surface area contributed by atoms with Crippen molar-refractivity contribution in [2.45, 2.75) is 71.1 Å². The fourth-order valence-corrected chi connectivity index (χ4v) is 5.65. The number of carbonyl (C=O) groups is 1. The van der Waals surface area contributed by atoms with Crippen molar-refractivity contribution in [1.29, 1.82) is 0 Å². The molecule has 1 saturated carbocycles. The average Bonchev–Trinajstić information content (AvgIpc) is 3.21. The largest absolute Gasteiger partial charge is 0.374 e. The van der Waals surface area contributed by atoms with Gasteiger partial charge in [-0.05, 0) is 58.7 Å². The van der Waals surface area contributed by atoms with E-state index in [0.717, 1.165) is 35.5 Å². The van der Waals surface area contributed by atoms with Crippen LogP contribution in [0.15, 0.2) is 64.1 Å². The van der Waals surface area contributed by atoms with Crippen LogP contribution >= 0.6 is 0 Å². The van der Waals surface area contributed by atoms with Crippen molar-refractivity contribution in [3.63, 3.8) is 0 Å². The molecule has 1 aromatic heterocycles. The van der Waals surface area contributed by atoms with Gasteiger partial charge in [0.15, 0.2) is 0 Å². The third-order valence-corrected chi connectivity index (χ3v) is 8.27. The molecule has 1 fully saturated rings. The van der Waals surface area contributed by atoms with Crippen molar-refractivity contribution in [3.8, 4) is 0 Å². The van der Waals surface area contributed by atoms with Crippen molar-refractivity contribution >= 4 is 22.9 Å². The fourth-order valence-electron chi connectivity index (χ4n) is 5.65. The molecule has 0 spiro atoms. The molecule has 1 atom stereocenters. The Morgan fingerprint density at radius 1 is 1.08 bits per heavy atom. The number of carbonyl (C=O) groups excluding carboxylic acids is 1. The highest BCUT2D eigenvalue weighted by molar-refractivity contribution is 6.06. The number of ketones is 1. The minimum Gasteiger partial charge on any atom is -0.374 e. The van der Waals surface area contributed by atoms with Gasteiger partial charge in [0.2, 0.25) is 0 Å². The SMILES string of the molecule is CN(CC1(C)CC1)c1ccc2c(c1)CC1=NC(c3ccc(CC(=O)Cc4cc(C(C)(C)C)on4)cc3)=CC12. The summed E-state index contributed by atoms with van der Waals surface area (Å²) < 4.78 is 5.42.